The number of thiazole rings is 1. The second kappa shape index (κ2) is 6.81. The summed E-state index contributed by atoms with van der Waals surface area (Å²) < 4.78 is 8.16. The van der Waals surface area contributed by atoms with Gasteiger partial charge in [-0.2, -0.15) is 0 Å². The highest BCUT2D eigenvalue weighted by Crippen LogP contribution is 2.29. The van der Waals surface area contributed by atoms with Gasteiger partial charge in [-0.25, -0.2) is 4.98 Å². The number of ether oxygens (including phenoxy) is 1. The lowest BCUT2D eigenvalue weighted by Gasteiger charge is -2.03. The van der Waals surface area contributed by atoms with Gasteiger partial charge in [-0.1, -0.05) is 18.3 Å². The maximum Gasteiger partial charge on any atom is 0.275 e. The summed E-state index contributed by atoms with van der Waals surface area (Å²) in [7, 11) is 1.63. The van der Waals surface area contributed by atoms with Crippen molar-refractivity contribution in [3.05, 3.63) is 54.1 Å². The zero-order valence-corrected chi connectivity index (χ0v) is 15.5. The summed E-state index contributed by atoms with van der Waals surface area (Å²) in [6, 6.07) is 9.02. The fourth-order valence-corrected chi connectivity index (χ4v) is 3.76. The molecule has 1 aromatic carbocycles. The lowest BCUT2D eigenvalue weighted by molar-refractivity contribution is 0.0982. The number of carbonyl (C=O) groups is 2. The molecule has 7 nitrogen and oxygen atoms in total. The third-order valence-electron chi connectivity index (χ3n) is 4.16. The number of hydrogen-bond donors (Lipinski definition) is 1. The molecule has 0 radical (unpaired) electrons. The van der Waals surface area contributed by atoms with E-state index in [0.29, 0.717) is 23.5 Å². The number of benzene rings is 1. The van der Waals surface area contributed by atoms with Crippen molar-refractivity contribution in [2.24, 2.45) is 0 Å². The van der Waals surface area contributed by atoms with Gasteiger partial charge in [-0.15, -0.1) is 0 Å². The quantitative estimate of drug-likeness (QED) is 0.532. The zero-order chi connectivity index (χ0) is 19.0. The highest BCUT2D eigenvalue weighted by molar-refractivity contribution is 7.23. The Kier molecular flexibility index (Phi) is 4.33. The van der Waals surface area contributed by atoms with E-state index in [2.05, 4.69) is 15.3 Å². The highest BCUT2D eigenvalue weighted by atomic mass is 32.1. The summed E-state index contributed by atoms with van der Waals surface area (Å²) in [6.07, 6.45) is 3.57. The van der Waals surface area contributed by atoms with E-state index in [1.807, 2.05) is 22.6 Å². The molecule has 0 unspecified atom stereocenters. The van der Waals surface area contributed by atoms with E-state index in [1.54, 1.807) is 32.4 Å². The van der Waals surface area contributed by atoms with Crippen molar-refractivity contribution < 1.29 is 14.3 Å². The van der Waals surface area contributed by atoms with Gasteiger partial charge in [0, 0.05) is 12.6 Å². The van der Waals surface area contributed by atoms with Crippen molar-refractivity contribution >= 4 is 43.9 Å². The fraction of sp³-hybridized carbons (Fsp3) is 0.158. The molecule has 3 heterocycles. The number of pyridine rings is 1. The maximum absolute atomic E-state index is 12.5. The van der Waals surface area contributed by atoms with E-state index in [0.717, 1.165) is 20.9 Å². The molecule has 0 spiro atoms. The van der Waals surface area contributed by atoms with Crippen molar-refractivity contribution in [3.8, 4) is 5.75 Å². The average Bonchev–Trinajstić information content (AvgIpc) is 3.25. The van der Waals surface area contributed by atoms with Crippen LogP contribution in [-0.2, 0) is 0 Å². The Hall–Kier alpha value is -3.26. The minimum atomic E-state index is -0.330. The van der Waals surface area contributed by atoms with Gasteiger partial charge in [0.15, 0.2) is 10.7 Å². The number of methoxy groups -OCH3 is 1. The average molecular weight is 380 g/mol. The van der Waals surface area contributed by atoms with E-state index >= 15 is 0 Å². The molecule has 27 heavy (non-hydrogen) atoms. The van der Waals surface area contributed by atoms with Crippen LogP contribution < -0.4 is 10.1 Å². The molecular formula is C19H16N4O3S. The van der Waals surface area contributed by atoms with Crippen molar-refractivity contribution in [1.29, 1.82) is 0 Å². The van der Waals surface area contributed by atoms with Gasteiger partial charge in [-0.05, 0) is 30.3 Å². The van der Waals surface area contributed by atoms with E-state index in [-0.39, 0.29) is 11.7 Å². The summed E-state index contributed by atoms with van der Waals surface area (Å²) in [4.78, 5) is 33.3. The van der Waals surface area contributed by atoms with E-state index in [1.165, 1.54) is 17.5 Å². The van der Waals surface area contributed by atoms with E-state index in [4.69, 9.17) is 4.74 Å². The van der Waals surface area contributed by atoms with Crippen LogP contribution in [0.2, 0.25) is 0 Å². The smallest absolute Gasteiger partial charge is 0.275 e. The SMILES string of the molecule is CCC(=O)c1ccc(NC(=O)c2cn3c(n2)sc2cc(OC)ccc23)cn1. The number of fused-ring (bicyclic) bond motifs is 3. The monoisotopic (exact) mass is 380 g/mol. The molecule has 136 valence electrons. The lowest BCUT2D eigenvalue weighted by Crippen LogP contribution is -2.13. The standard InChI is InChI=1S/C19H16N4O3S/c1-3-16(24)13-6-4-11(9-20-13)21-18(25)14-10-23-15-7-5-12(26-2)8-17(15)27-19(23)22-14/h4-10H,3H2,1-2H3,(H,21,25). The molecule has 8 heteroatoms. The predicted octanol–water partition coefficient (Wildman–Crippen LogP) is 3.80. The number of ketones is 1. The first-order valence-electron chi connectivity index (χ1n) is 8.35. The van der Waals surface area contributed by atoms with Crippen LogP contribution in [0.3, 0.4) is 0 Å². The third-order valence-corrected chi connectivity index (χ3v) is 5.18. The number of amides is 1. The summed E-state index contributed by atoms with van der Waals surface area (Å²) in [5, 5.41) is 2.76. The molecule has 4 aromatic rings. The first-order chi connectivity index (χ1) is 13.1. The van der Waals surface area contributed by atoms with Crippen molar-refractivity contribution in [2.45, 2.75) is 13.3 Å². The minimum Gasteiger partial charge on any atom is -0.497 e. The molecule has 3 aromatic heterocycles. The van der Waals surface area contributed by atoms with Crippen LogP contribution >= 0.6 is 11.3 Å². The summed E-state index contributed by atoms with van der Waals surface area (Å²) in [5.41, 5.74) is 2.18. The maximum atomic E-state index is 12.5. The minimum absolute atomic E-state index is 0.0364. The number of carbonyl (C=O) groups excluding carboxylic acids is 2. The van der Waals surface area contributed by atoms with Crippen molar-refractivity contribution in [2.75, 3.05) is 12.4 Å². The predicted molar refractivity (Wildman–Crippen MR) is 104 cm³/mol. The molecule has 0 saturated carbocycles. The molecule has 0 bridgehead atoms. The van der Waals surface area contributed by atoms with Gasteiger partial charge < -0.3 is 10.1 Å². The molecule has 0 aliphatic rings. The Bertz CT molecular complexity index is 1160. The number of anilines is 1. The van der Waals surface area contributed by atoms with Gasteiger partial charge in [0.1, 0.15) is 17.1 Å². The Morgan fingerprint density at radius 1 is 1.22 bits per heavy atom. The van der Waals surface area contributed by atoms with Crippen molar-refractivity contribution in [3.63, 3.8) is 0 Å². The molecule has 1 N–H and O–H groups in total. The van der Waals surface area contributed by atoms with Crippen LogP contribution in [0.25, 0.3) is 15.2 Å². The molecule has 0 aliphatic heterocycles. The van der Waals surface area contributed by atoms with E-state index < -0.39 is 0 Å². The molecule has 4 rings (SSSR count). The summed E-state index contributed by atoms with van der Waals surface area (Å²) in [5.74, 6) is 0.414. The molecule has 0 fully saturated rings. The normalized spacial score (nSPS) is 11.0. The molecular weight excluding hydrogens is 364 g/mol. The molecule has 1 amide bonds. The largest absolute Gasteiger partial charge is 0.497 e. The zero-order valence-electron chi connectivity index (χ0n) is 14.7. The second-order valence-electron chi connectivity index (χ2n) is 5.88. The lowest BCUT2D eigenvalue weighted by atomic mass is 10.2. The van der Waals surface area contributed by atoms with E-state index in [9.17, 15) is 9.59 Å². The number of rotatable bonds is 5. The number of imidazole rings is 1. The van der Waals surface area contributed by atoms with Gasteiger partial charge in [-0.3, -0.25) is 19.0 Å². The molecule has 0 saturated heterocycles. The number of hydrogen-bond acceptors (Lipinski definition) is 6. The van der Waals surface area contributed by atoms with Gasteiger partial charge in [0.2, 0.25) is 0 Å². The Morgan fingerprint density at radius 3 is 2.78 bits per heavy atom. The van der Waals surface area contributed by atoms with Gasteiger partial charge in [0.05, 0.1) is 29.2 Å². The first-order valence-corrected chi connectivity index (χ1v) is 9.17. The molecule has 0 aliphatic carbocycles. The molecule has 0 atom stereocenters. The topological polar surface area (TPSA) is 85.6 Å². The number of Topliss-reactive ketones (excluding diaryl/α,β-unsaturated/α-hetero) is 1. The Balaban J connectivity index is 1.58. The van der Waals surface area contributed by atoms with Crippen LogP contribution in [0, 0.1) is 0 Å². The van der Waals surface area contributed by atoms with Crippen LogP contribution in [0.15, 0.2) is 42.7 Å². The van der Waals surface area contributed by atoms with Crippen LogP contribution in [0.4, 0.5) is 5.69 Å². The number of aromatic nitrogens is 3. The summed E-state index contributed by atoms with van der Waals surface area (Å²) >= 11 is 1.49. The number of nitrogens with one attached hydrogen (secondary N) is 1. The first kappa shape index (κ1) is 17.2. The van der Waals surface area contributed by atoms with Gasteiger partial charge >= 0.3 is 0 Å². The summed E-state index contributed by atoms with van der Waals surface area (Å²) in [6.45, 7) is 1.78. The fourth-order valence-electron chi connectivity index (χ4n) is 2.73. The Morgan fingerprint density at radius 2 is 2.07 bits per heavy atom. The van der Waals surface area contributed by atoms with Crippen molar-refractivity contribution in [1.82, 2.24) is 14.4 Å². The van der Waals surface area contributed by atoms with Crippen LogP contribution in [0.1, 0.15) is 34.3 Å². The van der Waals surface area contributed by atoms with Gasteiger partial charge in [0.25, 0.3) is 5.91 Å². The number of nitrogens with zero attached hydrogens (tertiary/aromatic N) is 3. The third kappa shape index (κ3) is 3.15. The highest BCUT2D eigenvalue weighted by Gasteiger charge is 2.15. The second-order valence-corrected chi connectivity index (χ2v) is 6.89. The van der Waals surface area contributed by atoms with Crippen LogP contribution in [-0.4, -0.2) is 33.2 Å². The Labute approximate surface area is 158 Å². The van der Waals surface area contributed by atoms with Crippen LogP contribution in [0.5, 0.6) is 5.75 Å².